The maximum Gasteiger partial charge on any atom is 0.223 e. The van der Waals surface area contributed by atoms with Crippen LogP contribution in [0.1, 0.15) is 11.1 Å². The topological polar surface area (TPSA) is 69.6 Å². The fourth-order valence-corrected chi connectivity index (χ4v) is 2.22. The number of nitrogen functional groups attached to an aromatic ring is 1. The Morgan fingerprint density at radius 3 is 2.70 bits per heavy atom. The average molecular weight is 286 g/mol. The predicted octanol–water partition coefficient (Wildman–Crippen LogP) is 2.75. The first-order chi connectivity index (χ1) is 9.67. The van der Waals surface area contributed by atoms with E-state index in [9.17, 15) is 0 Å². The van der Waals surface area contributed by atoms with E-state index >= 15 is 0 Å². The summed E-state index contributed by atoms with van der Waals surface area (Å²) in [7, 11) is 0. The summed E-state index contributed by atoms with van der Waals surface area (Å²) >= 11 is 6.00. The summed E-state index contributed by atoms with van der Waals surface area (Å²) < 4.78 is 1.89. The second kappa shape index (κ2) is 4.94. The molecule has 2 N–H and O–H groups in total. The molecule has 0 bridgehead atoms. The summed E-state index contributed by atoms with van der Waals surface area (Å²) in [5.41, 5.74) is 9.03. The Balaban J connectivity index is 1.99. The number of fused-ring (bicyclic) bond motifs is 1. The van der Waals surface area contributed by atoms with Crippen LogP contribution in [0.25, 0.3) is 17.2 Å². The minimum Gasteiger partial charge on any atom is -0.368 e. The lowest BCUT2D eigenvalue weighted by Gasteiger charge is -2.05. The van der Waals surface area contributed by atoms with Gasteiger partial charge in [-0.15, -0.1) is 0 Å². The van der Waals surface area contributed by atoms with Crippen LogP contribution in [0.5, 0.6) is 0 Å². The summed E-state index contributed by atoms with van der Waals surface area (Å²) in [6.45, 7) is 4.38. The lowest BCUT2D eigenvalue weighted by Crippen LogP contribution is -2.02. The SMILES string of the molecule is C=Cc1ccc(Cn2cnc3c(Cl)nc(N)nc32)cc1. The lowest BCUT2D eigenvalue weighted by atomic mass is 10.1. The van der Waals surface area contributed by atoms with E-state index in [4.69, 9.17) is 17.3 Å². The highest BCUT2D eigenvalue weighted by molar-refractivity contribution is 6.33. The van der Waals surface area contributed by atoms with Crippen molar-refractivity contribution in [3.05, 3.63) is 53.5 Å². The molecule has 2 aromatic heterocycles. The summed E-state index contributed by atoms with van der Waals surface area (Å²) in [5.74, 6) is 0.145. The molecule has 100 valence electrons. The van der Waals surface area contributed by atoms with Crippen LogP contribution in [0, 0.1) is 0 Å². The minimum absolute atomic E-state index is 0.145. The van der Waals surface area contributed by atoms with E-state index in [1.807, 2.05) is 34.9 Å². The van der Waals surface area contributed by atoms with Crippen LogP contribution in [0.3, 0.4) is 0 Å². The molecule has 5 nitrogen and oxygen atoms in total. The van der Waals surface area contributed by atoms with Gasteiger partial charge < -0.3 is 10.3 Å². The first-order valence-electron chi connectivity index (χ1n) is 6.02. The molecule has 0 saturated carbocycles. The summed E-state index contributed by atoms with van der Waals surface area (Å²) in [5, 5.41) is 0.272. The van der Waals surface area contributed by atoms with Gasteiger partial charge in [-0.3, -0.25) is 0 Å². The molecule has 0 spiro atoms. The van der Waals surface area contributed by atoms with Crippen LogP contribution in [0.4, 0.5) is 5.95 Å². The van der Waals surface area contributed by atoms with Crippen molar-refractivity contribution in [2.45, 2.75) is 6.54 Å². The van der Waals surface area contributed by atoms with E-state index in [0.29, 0.717) is 17.7 Å². The van der Waals surface area contributed by atoms with Crippen molar-refractivity contribution in [1.29, 1.82) is 0 Å². The van der Waals surface area contributed by atoms with Gasteiger partial charge in [0.2, 0.25) is 5.95 Å². The normalized spacial score (nSPS) is 10.8. The maximum atomic E-state index is 6.00. The summed E-state index contributed by atoms with van der Waals surface area (Å²) in [6.07, 6.45) is 3.50. The van der Waals surface area contributed by atoms with Crippen molar-refractivity contribution in [1.82, 2.24) is 19.5 Å². The number of benzene rings is 1. The number of nitrogens with two attached hydrogens (primary N) is 1. The quantitative estimate of drug-likeness (QED) is 0.751. The first kappa shape index (κ1) is 12.6. The van der Waals surface area contributed by atoms with Gasteiger partial charge in [-0.2, -0.15) is 9.97 Å². The summed E-state index contributed by atoms with van der Waals surface area (Å²) in [6, 6.07) is 8.10. The van der Waals surface area contributed by atoms with Crippen molar-refractivity contribution < 1.29 is 0 Å². The molecule has 0 atom stereocenters. The van der Waals surface area contributed by atoms with Crippen LogP contribution in [0.2, 0.25) is 5.15 Å². The Kier molecular flexibility index (Phi) is 3.12. The van der Waals surface area contributed by atoms with Gasteiger partial charge in [0.1, 0.15) is 5.52 Å². The van der Waals surface area contributed by atoms with E-state index < -0.39 is 0 Å². The van der Waals surface area contributed by atoms with Crippen LogP contribution in [-0.2, 0) is 6.54 Å². The third-order valence-electron chi connectivity index (χ3n) is 3.01. The van der Waals surface area contributed by atoms with Crippen molar-refractivity contribution in [3.63, 3.8) is 0 Å². The molecule has 1 aromatic carbocycles. The number of imidazole rings is 1. The molecule has 0 aliphatic heterocycles. The highest BCUT2D eigenvalue weighted by Gasteiger charge is 2.10. The number of hydrogen-bond acceptors (Lipinski definition) is 4. The van der Waals surface area contributed by atoms with Gasteiger partial charge >= 0.3 is 0 Å². The number of anilines is 1. The second-order valence-corrected chi connectivity index (χ2v) is 4.72. The van der Waals surface area contributed by atoms with Gasteiger partial charge in [-0.1, -0.05) is 48.5 Å². The molecule has 0 unspecified atom stereocenters. The van der Waals surface area contributed by atoms with E-state index in [1.165, 1.54) is 0 Å². The van der Waals surface area contributed by atoms with Crippen LogP contribution < -0.4 is 5.73 Å². The molecule has 3 rings (SSSR count). The van der Waals surface area contributed by atoms with Crippen LogP contribution in [-0.4, -0.2) is 19.5 Å². The van der Waals surface area contributed by atoms with Gasteiger partial charge in [-0.05, 0) is 11.1 Å². The zero-order chi connectivity index (χ0) is 14.1. The standard InChI is InChI=1S/C14H12ClN5/c1-2-9-3-5-10(6-4-9)7-20-8-17-11-12(15)18-14(16)19-13(11)20/h2-6,8H,1,7H2,(H2,16,18,19). The fourth-order valence-electron chi connectivity index (χ4n) is 2.00. The van der Waals surface area contributed by atoms with Crippen LogP contribution >= 0.6 is 11.6 Å². The van der Waals surface area contributed by atoms with E-state index in [1.54, 1.807) is 6.33 Å². The monoisotopic (exact) mass is 285 g/mol. The van der Waals surface area contributed by atoms with Gasteiger partial charge in [0.05, 0.1) is 12.9 Å². The summed E-state index contributed by atoms with van der Waals surface area (Å²) in [4.78, 5) is 12.3. The van der Waals surface area contributed by atoms with Gasteiger partial charge in [0.15, 0.2) is 10.8 Å². The fraction of sp³-hybridized carbons (Fsp3) is 0.0714. The predicted molar refractivity (Wildman–Crippen MR) is 80.4 cm³/mol. The van der Waals surface area contributed by atoms with Gasteiger partial charge in [0, 0.05) is 0 Å². The zero-order valence-corrected chi connectivity index (χ0v) is 11.4. The van der Waals surface area contributed by atoms with Gasteiger partial charge in [0.25, 0.3) is 0 Å². The van der Waals surface area contributed by atoms with Crippen LogP contribution in [0.15, 0.2) is 37.2 Å². The molecular formula is C14H12ClN5. The molecule has 20 heavy (non-hydrogen) atoms. The smallest absolute Gasteiger partial charge is 0.223 e. The Morgan fingerprint density at radius 1 is 1.25 bits per heavy atom. The number of halogens is 1. The Morgan fingerprint density at radius 2 is 2.00 bits per heavy atom. The largest absolute Gasteiger partial charge is 0.368 e. The number of aromatic nitrogens is 4. The second-order valence-electron chi connectivity index (χ2n) is 4.36. The molecule has 0 saturated heterocycles. The molecule has 2 heterocycles. The Bertz CT molecular complexity index is 776. The third-order valence-corrected chi connectivity index (χ3v) is 3.27. The van der Waals surface area contributed by atoms with Crippen molar-refractivity contribution in [3.8, 4) is 0 Å². The molecule has 0 fully saturated rings. The minimum atomic E-state index is 0.145. The highest BCUT2D eigenvalue weighted by Crippen LogP contribution is 2.20. The lowest BCUT2D eigenvalue weighted by molar-refractivity contribution is 0.814. The molecule has 0 aliphatic carbocycles. The maximum absolute atomic E-state index is 6.00. The third kappa shape index (κ3) is 2.23. The highest BCUT2D eigenvalue weighted by atomic mass is 35.5. The first-order valence-corrected chi connectivity index (χ1v) is 6.40. The van der Waals surface area contributed by atoms with Crippen molar-refractivity contribution in [2.75, 3.05) is 5.73 Å². The molecular weight excluding hydrogens is 274 g/mol. The Labute approximate surface area is 120 Å². The van der Waals surface area contributed by atoms with E-state index in [2.05, 4.69) is 21.5 Å². The average Bonchev–Trinajstić information content (AvgIpc) is 2.83. The molecule has 0 aliphatic rings. The van der Waals surface area contributed by atoms with Gasteiger partial charge in [-0.25, -0.2) is 4.98 Å². The molecule has 6 heteroatoms. The van der Waals surface area contributed by atoms with E-state index in [0.717, 1.165) is 11.1 Å². The number of rotatable bonds is 3. The Hall–Kier alpha value is -2.40. The number of nitrogens with zero attached hydrogens (tertiary/aromatic N) is 4. The molecule has 3 aromatic rings. The molecule has 0 amide bonds. The van der Waals surface area contributed by atoms with Crippen molar-refractivity contribution in [2.24, 2.45) is 0 Å². The zero-order valence-electron chi connectivity index (χ0n) is 10.6. The van der Waals surface area contributed by atoms with E-state index in [-0.39, 0.29) is 11.1 Å². The molecule has 0 radical (unpaired) electrons. The van der Waals surface area contributed by atoms with Crippen molar-refractivity contribution >= 4 is 34.8 Å². The number of hydrogen-bond donors (Lipinski definition) is 1.